The minimum Gasteiger partial charge on any atom is -0.494 e. The average Bonchev–Trinajstić information content (AvgIpc) is 2.87. The molecule has 0 radical (unpaired) electrons. The number of rotatable bonds is 7. The standard InChI is InChI=1S/C28H31NO6/c1-6-35-20-10-7-17(8-11-20)26-25(28(31)34-5)16(2)29-21-13-19(14-22(30)27(21)26)18-9-12-23(32-3)24(15-18)33-4/h7-12,15,19,26-27H,6,13-14H2,1-5H3/t19-,26+,27?/m0/s1. The Morgan fingerprint density at radius 3 is 2.26 bits per heavy atom. The van der Waals surface area contributed by atoms with Crippen molar-refractivity contribution >= 4 is 17.5 Å². The highest BCUT2D eigenvalue weighted by molar-refractivity contribution is 6.12. The number of benzene rings is 2. The molecule has 0 amide bonds. The van der Waals surface area contributed by atoms with Crippen molar-refractivity contribution in [1.29, 1.82) is 0 Å². The molecule has 35 heavy (non-hydrogen) atoms. The molecule has 1 heterocycles. The van der Waals surface area contributed by atoms with Crippen LogP contribution in [-0.2, 0) is 14.3 Å². The number of hydrogen-bond donors (Lipinski definition) is 0. The van der Waals surface area contributed by atoms with E-state index in [4.69, 9.17) is 23.9 Å². The third-order valence-corrected chi connectivity index (χ3v) is 6.79. The van der Waals surface area contributed by atoms with E-state index in [1.165, 1.54) is 7.11 Å². The van der Waals surface area contributed by atoms with Gasteiger partial charge in [0, 0.05) is 23.7 Å². The van der Waals surface area contributed by atoms with Crippen LogP contribution in [0.2, 0.25) is 0 Å². The molecule has 2 aromatic rings. The van der Waals surface area contributed by atoms with E-state index in [1.54, 1.807) is 14.2 Å². The lowest BCUT2D eigenvalue weighted by molar-refractivity contribution is -0.136. The van der Waals surface area contributed by atoms with Gasteiger partial charge in [0.2, 0.25) is 0 Å². The van der Waals surface area contributed by atoms with Gasteiger partial charge in [0.25, 0.3) is 0 Å². The van der Waals surface area contributed by atoms with Gasteiger partial charge in [-0.05, 0) is 61.6 Å². The number of methoxy groups -OCH3 is 3. The van der Waals surface area contributed by atoms with Crippen LogP contribution in [0.5, 0.6) is 17.2 Å². The first-order valence-electron chi connectivity index (χ1n) is 11.8. The number of hydrogen-bond acceptors (Lipinski definition) is 7. The normalized spacial score (nSPS) is 21.7. The molecule has 0 bridgehead atoms. The SMILES string of the molecule is CCOc1ccc([C@@H]2C(C(=O)OC)=C(C)N=C3C[C@H](c4ccc(OC)c(OC)c4)CC(=O)C32)cc1. The van der Waals surface area contributed by atoms with Gasteiger partial charge in [-0.2, -0.15) is 0 Å². The molecule has 0 spiro atoms. The van der Waals surface area contributed by atoms with Crippen molar-refractivity contribution in [3.8, 4) is 17.2 Å². The summed E-state index contributed by atoms with van der Waals surface area (Å²) >= 11 is 0. The van der Waals surface area contributed by atoms with Crippen LogP contribution in [0.15, 0.2) is 58.7 Å². The van der Waals surface area contributed by atoms with Crippen molar-refractivity contribution in [3.63, 3.8) is 0 Å². The molecule has 184 valence electrons. The van der Waals surface area contributed by atoms with Gasteiger partial charge in [-0.1, -0.05) is 18.2 Å². The molecule has 1 fully saturated rings. The second kappa shape index (κ2) is 10.3. The maximum absolute atomic E-state index is 13.7. The first kappa shape index (κ1) is 24.5. The number of Topliss-reactive ketones (excluding diaryl/α,β-unsaturated/α-hetero) is 1. The van der Waals surface area contributed by atoms with Gasteiger partial charge in [-0.3, -0.25) is 9.79 Å². The summed E-state index contributed by atoms with van der Waals surface area (Å²) in [5.74, 6) is 0.605. The Bertz CT molecular complexity index is 1180. The van der Waals surface area contributed by atoms with Crippen LogP contribution >= 0.6 is 0 Å². The Morgan fingerprint density at radius 1 is 0.943 bits per heavy atom. The van der Waals surface area contributed by atoms with Crippen molar-refractivity contribution in [3.05, 3.63) is 64.9 Å². The topological polar surface area (TPSA) is 83.4 Å². The fourth-order valence-corrected chi connectivity index (χ4v) is 5.19. The van der Waals surface area contributed by atoms with Crippen molar-refractivity contribution in [1.82, 2.24) is 0 Å². The highest BCUT2D eigenvalue weighted by atomic mass is 16.5. The fraction of sp³-hybridized carbons (Fsp3) is 0.393. The summed E-state index contributed by atoms with van der Waals surface area (Å²) in [6, 6.07) is 13.3. The average molecular weight is 478 g/mol. The molecular weight excluding hydrogens is 446 g/mol. The molecule has 7 heteroatoms. The first-order valence-corrected chi connectivity index (χ1v) is 11.8. The summed E-state index contributed by atoms with van der Waals surface area (Å²) < 4.78 is 21.5. The van der Waals surface area contributed by atoms with E-state index < -0.39 is 17.8 Å². The minimum absolute atomic E-state index is 0.0363. The zero-order valence-electron chi connectivity index (χ0n) is 20.8. The van der Waals surface area contributed by atoms with Crippen LogP contribution in [-0.4, -0.2) is 45.4 Å². The quantitative estimate of drug-likeness (QED) is 0.530. The van der Waals surface area contributed by atoms with Crippen LogP contribution in [0, 0.1) is 5.92 Å². The fourth-order valence-electron chi connectivity index (χ4n) is 5.19. The van der Waals surface area contributed by atoms with Crippen LogP contribution in [0.4, 0.5) is 0 Å². The Hall–Kier alpha value is -3.61. The summed E-state index contributed by atoms with van der Waals surface area (Å²) in [5.41, 5.74) is 3.68. The summed E-state index contributed by atoms with van der Waals surface area (Å²) in [6.07, 6.45) is 0.964. The molecule has 1 aliphatic heterocycles. The highest BCUT2D eigenvalue weighted by Crippen LogP contribution is 2.46. The lowest BCUT2D eigenvalue weighted by atomic mass is 9.66. The van der Waals surface area contributed by atoms with E-state index in [2.05, 4.69) is 0 Å². The predicted molar refractivity (Wildman–Crippen MR) is 133 cm³/mol. The zero-order valence-corrected chi connectivity index (χ0v) is 20.8. The van der Waals surface area contributed by atoms with Crippen LogP contribution in [0.3, 0.4) is 0 Å². The number of ether oxygens (including phenoxy) is 4. The third-order valence-electron chi connectivity index (χ3n) is 6.79. The lowest BCUT2D eigenvalue weighted by Crippen LogP contribution is -2.41. The van der Waals surface area contributed by atoms with Crippen molar-refractivity contribution in [2.75, 3.05) is 27.9 Å². The zero-order chi connectivity index (χ0) is 25.1. The number of carbonyl (C=O) groups is 2. The van der Waals surface area contributed by atoms with Gasteiger partial charge in [0.15, 0.2) is 11.5 Å². The maximum Gasteiger partial charge on any atom is 0.336 e. The number of ketones is 1. The van der Waals surface area contributed by atoms with Gasteiger partial charge in [-0.25, -0.2) is 4.79 Å². The number of allylic oxidation sites excluding steroid dienone is 1. The lowest BCUT2D eigenvalue weighted by Gasteiger charge is -2.38. The molecule has 1 saturated carbocycles. The van der Waals surface area contributed by atoms with Crippen LogP contribution in [0.1, 0.15) is 49.7 Å². The Balaban J connectivity index is 1.74. The summed E-state index contributed by atoms with van der Waals surface area (Å²) in [7, 11) is 4.55. The van der Waals surface area contributed by atoms with Gasteiger partial charge in [-0.15, -0.1) is 0 Å². The van der Waals surface area contributed by atoms with Gasteiger partial charge >= 0.3 is 5.97 Å². The molecule has 7 nitrogen and oxygen atoms in total. The Labute approximate surface area is 205 Å². The first-order chi connectivity index (χ1) is 16.9. The van der Waals surface area contributed by atoms with E-state index in [0.29, 0.717) is 42.2 Å². The van der Waals surface area contributed by atoms with Crippen molar-refractivity contribution in [2.45, 2.75) is 38.5 Å². The molecule has 0 N–H and O–H groups in total. The third kappa shape index (κ3) is 4.67. The molecule has 1 unspecified atom stereocenters. The molecule has 0 saturated heterocycles. The van der Waals surface area contributed by atoms with E-state index in [-0.39, 0.29) is 11.7 Å². The number of carbonyl (C=O) groups excluding carboxylic acids is 2. The molecular formula is C28H31NO6. The molecule has 2 aromatic carbocycles. The summed E-state index contributed by atoms with van der Waals surface area (Å²) in [4.78, 5) is 31.3. The van der Waals surface area contributed by atoms with Crippen molar-refractivity contribution in [2.24, 2.45) is 10.9 Å². The van der Waals surface area contributed by atoms with Gasteiger partial charge < -0.3 is 18.9 Å². The van der Waals surface area contributed by atoms with E-state index in [9.17, 15) is 9.59 Å². The second-order valence-electron chi connectivity index (χ2n) is 8.74. The molecule has 3 atom stereocenters. The van der Waals surface area contributed by atoms with Crippen LogP contribution < -0.4 is 14.2 Å². The van der Waals surface area contributed by atoms with E-state index in [0.717, 1.165) is 22.6 Å². The maximum atomic E-state index is 13.7. The molecule has 4 rings (SSSR count). The van der Waals surface area contributed by atoms with E-state index >= 15 is 0 Å². The molecule has 1 aliphatic carbocycles. The predicted octanol–water partition coefficient (Wildman–Crippen LogP) is 4.85. The number of aliphatic imine (C=N–C) groups is 1. The minimum atomic E-state index is -0.512. The Kier molecular flexibility index (Phi) is 7.24. The van der Waals surface area contributed by atoms with Crippen molar-refractivity contribution < 1.29 is 28.5 Å². The smallest absolute Gasteiger partial charge is 0.336 e. The summed E-state index contributed by atoms with van der Waals surface area (Å²) in [5, 5.41) is 0. The monoisotopic (exact) mass is 477 g/mol. The van der Waals surface area contributed by atoms with E-state index in [1.807, 2.05) is 56.3 Å². The molecule has 0 aromatic heterocycles. The second-order valence-corrected chi connectivity index (χ2v) is 8.74. The Morgan fingerprint density at radius 2 is 1.63 bits per heavy atom. The van der Waals surface area contributed by atoms with Crippen LogP contribution in [0.25, 0.3) is 0 Å². The van der Waals surface area contributed by atoms with Gasteiger partial charge in [0.05, 0.1) is 39.4 Å². The highest BCUT2D eigenvalue weighted by Gasteiger charge is 2.46. The molecule has 2 aliphatic rings. The number of esters is 1. The summed E-state index contributed by atoms with van der Waals surface area (Å²) in [6.45, 7) is 4.29. The van der Waals surface area contributed by atoms with Gasteiger partial charge in [0.1, 0.15) is 11.5 Å². The number of nitrogens with zero attached hydrogens (tertiary/aromatic N) is 1. The number of fused-ring (bicyclic) bond motifs is 1. The largest absolute Gasteiger partial charge is 0.494 e.